The molecule has 0 saturated heterocycles. The second-order valence-electron chi connectivity index (χ2n) is 5.38. The summed E-state index contributed by atoms with van der Waals surface area (Å²) in [4.78, 5) is 5.19. The summed E-state index contributed by atoms with van der Waals surface area (Å²) in [6.45, 7) is 3.08. The number of aromatic nitrogens is 1. The molecule has 110 valence electrons. The van der Waals surface area contributed by atoms with E-state index in [9.17, 15) is 10.2 Å². The molecule has 1 atom stereocenters. The maximum Gasteiger partial charge on any atom is 0.0606 e. The molecule has 1 unspecified atom stereocenters. The summed E-state index contributed by atoms with van der Waals surface area (Å²) in [5, 5.41) is 18.4. The number of aliphatic hydroxyl groups excluding tert-OH is 2. The molecule has 1 aliphatic carbocycles. The van der Waals surface area contributed by atoms with E-state index in [2.05, 4.69) is 17.1 Å². The van der Waals surface area contributed by atoms with E-state index in [1.165, 1.54) is 0 Å². The molecule has 0 radical (unpaired) electrons. The van der Waals surface area contributed by atoms with E-state index in [-0.39, 0.29) is 18.8 Å². The fourth-order valence-corrected chi connectivity index (χ4v) is 2.50. The average molecular weight is 277 g/mol. The van der Waals surface area contributed by atoms with Crippen molar-refractivity contribution in [2.75, 3.05) is 26.3 Å². The highest BCUT2D eigenvalue weighted by atomic mass is 16.3. The number of H-pyrrole nitrogens is 1. The fourth-order valence-electron chi connectivity index (χ4n) is 2.50. The summed E-state index contributed by atoms with van der Waals surface area (Å²) >= 11 is 0. The van der Waals surface area contributed by atoms with Gasteiger partial charge < -0.3 is 25.8 Å². The van der Waals surface area contributed by atoms with E-state index >= 15 is 0 Å². The zero-order valence-electron chi connectivity index (χ0n) is 11.8. The van der Waals surface area contributed by atoms with Crippen LogP contribution in [0.25, 0.3) is 5.57 Å². The van der Waals surface area contributed by atoms with Gasteiger partial charge in [0.15, 0.2) is 0 Å². The molecule has 0 aliphatic heterocycles. The first kappa shape index (κ1) is 14.8. The molecule has 5 heteroatoms. The molecule has 5 nitrogen and oxygen atoms in total. The van der Waals surface area contributed by atoms with Crippen LogP contribution >= 0.6 is 0 Å². The molecule has 0 aromatic carbocycles. The minimum absolute atomic E-state index is 0.0508. The molecule has 0 fully saturated rings. The molecule has 20 heavy (non-hydrogen) atoms. The first-order valence-corrected chi connectivity index (χ1v) is 6.90. The van der Waals surface area contributed by atoms with Crippen molar-refractivity contribution in [3.63, 3.8) is 0 Å². The summed E-state index contributed by atoms with van der Waals surface area (Å²) < 4.78 is 0. The van der Waals surface area contributed by atoms with Crippen LogP contribution < -0.4 is 5.73 Å². The molecule has 1 aromatic rings. The SMILES string of the molecule is CC1(N)C=C(c2ccc[nH]2)C(N(CCO)CCO)=CC1. The van der Waals surface area contributed by atoms with Gasteiger partial charge in [-0.15, -0.1) is 0 Å². The number of hydrogen-bond donors (Lipinski definition) is 4. The van der Waals surface area contributed by atoms with Crippen LogP contribution in [0.2, 0.25) is 0 Å². The van der Waals surface area contributed by atoms with Crippen LogP contribution in [-0.2, 0) is 0 Å². The van der Waals surface area contributed by atoms with Gasteiger partial charge in [-0.2, -0.15) is 0 Å². The molecule has 1 aromatic heterocycles. The Hall–Kier alpha value is -1.56. The number of aromatic amines is 1. The Bertz CT molecular complexity index is 483. The lowest BCUT2D eigenvalue weighted by molar-refractivity contribution is 0.192. The third-order valence-electron chi connectivity index (χ3n) is 3.45. The van der Waals surface area contributed by atoms with Gasteiger partial charge in [-0.3, -0.25) is 0 Å². The zero-order chi connectivity index (χ0) is 14.6. The Labute approximate surface area is 119 Å². The van der Waals surface area contributed by atoms with Crippen molar-refractivity contribution in [1.82, 2.24) is 9.88 Å². The van der Waals surface area contributed by atoms with Crippen LogP contribution in [-0.4, -0.2) is 51.9 Å². The first-order chi connectivity index (χ1) is 9.57. The molecule has 2 rings (SSSR count). The lowest BCUT2D eigenvalue weighted by Crippen LogP contribution is -2.38. The van der Waals surface area contributed by atoms with Gasteiger partial charge in [0.2, 0.25) is 0 Å². The van der Waals surface area contributed by atoms with Gasteiger partial charge in [-0.05, 0) is 25.5 Å². The number of nitrogens with two attached hydrogens (primary N) is 1. The van der Waals surface area contributed by atoms with Crippen molar-refractivity contribution in [2.45, 2.75) is 18.9 Å². The largest absolute Gasteiger partial charge is 0.395 e. The van der Waals surface area contributed by atoms with Gasteiger partial charge in [-0.25, -0.2) is 0 Å². The predicted octanol–water partition coefficient (Wildman–Crippen LogP) is 0.690. The predicted molar refractivity (Wildman–Crippen MR) is 79.8 cm³/mol. The lowest BCUT2D eigenvalue weighted by atomic mass is 9.87. The Morgan fingerprint density at radius 2 is 2.05 bits per heavy atom. The second kappa shape index (κ2) is 6.26. The maximum absolute atomic E-state index is 9.21. The van der Waals surface area contributed by atoms with Crippen molar-refractivity contribution < 1.29 is 10.2 Å². The number of nitrogens with zero attached hydrogens (tertiary/aromatic N) is 1. The zero-order valence-corrected chi connectivity index (χ0v) is 11.8. The minimum atomic E-state index is -0.381. The van der Waals surface area contributed by atoms with Crippen LogP contribution in [0.15, 0.2) is 36.2 Å². The molecule has 1 heterocycles. The van der Waals surface area contributed by atoms with Gasteiger partial charge >= 0.3 is 0 Å². The smallest absolute Gasteiger partial charge is 0.0606 e. The van der Waals surface area contributed by atoms with Crippen molar-refractivity contribution in [2.24, 2.45) is 5.73 Å². The Morgan fingerprint density at radius 1 is 1.35 bits per heavy atom. The third kappa shape index (κ3) is 3.30. The Kier molecular flexibility index (Phi) is 4.65. The summed E-state index contributed by atoms with van der Waals surface area (Å²) in [6, 6.07) is 3.94. The maximum atomic E-state index is 9.21. The number of allylic oxidation sites excluding steroid dienone is 1. The molecule has 0 amide bonds. The lowest BCUT2D eigenvalue weighted by Gasteiger charge is -2.33. The Morgan fingerprint density at radius 3 is 2.60 bits per heavy atom. The number of nitrogens with one attached hydrogen (secondary N) is 1. The number of aliphatic hydroxyl groups is 2. The highest BCUT2D eigenvalue weighted by molar-refractivity contribution is 5.78. The molecule has 0 bridgehead atoms. The molecular weight excluding hydrogens is 254 g/mol. The van der Waals surface area contributed by atoms with E-state index in [1.807, 2.05) is 30.2 Å². The van der Waals surface area contributed by atoms with Gasteiger partial charge in [0.1, 0.15) is 0 Å². The number of rotatable bonds is 6. The standard InChI is InChI=1S/C15H23N3O2/c1-15(16)5-4-14(18(7-9-19)8-10-20)12(11-15)13-3-2-6-17-13/h2-4,6,11,17,19-20H,5,7-10,16H2,1H3. The van der Waals surface area contributed by atoms with Crippen molar-refractivity contribution in [1.29, 1.82) is 0 Å². The minimum Gasteiger partial charge on any atom is -0.395 e. The molecule has 5 N–H and O–H groups in total. The second-order valence-corrected chi connectivity index (χ2v) is 5.38. The highest BCUT2D eigenvalue weighted by Gasteiger charge is 2.26. The summed E-state index contributed by atoms with van der Waals surface area (Å²) in [7, 11) is 0. The summed E-state index contributed by atoms with van der Waals surface area (Å²) in [5.41, 5.74) is 8.88. The summed E-state index contributed by atoms with van der Waals surface area (Å²) in [6.07, 6.45) is 6.75. The van der Waals surface area contributed by atoms with E-state index in [0.29, 0.717) is 13.1 Å². The van der Waals surface area contributed by atoms with Crippen molar-refractivity contribution >= 4 is 5.57 Å². The molecular formula is C15H23N3O2. The monoisotopic (exact) mass is 277 g/mol. The Balaban J connectivity index is 2.35. The van der Waals surface area contributed by atoms with Crippen LogP contribution in [0.1, 0.15) is 19.0 Å². The van der Waals surface area contributed by atoms with Crippen molar-refractivity contribution in [3.8, 4) is 0 Å². The fraction of sp³-hybridized carbons (Fsp3) is 0.467. The van der Waals surface area contributed by atoms with Crippen molar-refractivity contribution in [3.05, 3.63) is 41.9 Å². The molecule has 1 aliphatic rings. The van der Waals surface area contributed by atoms with E-state index in [1.54, 1.807) is 0 Å². The molecule has 0 saturated carbocycles. The number of hydrogen-bond acceptors (Lipinski definition) is 4. The van der Waals surface area contributed by atoms with Crippen LogP contribution in [0.3, 0.4) is 0 Å². The molecule has 0 spiro atoms. The topological polar surface area (TPSA) is 85.5 Å². The van der Waals surface area contributed by atoms with Crippen LogP contribution in [0, 0.1) is 0 Å². The first-order valence-electron chi connectivity index (χ1n) is 6.90. The van der Waals surface area contributed by atoms with Gasteiger partial charge in [-0.1, -0.05) is 12.2 Å². The van der Waals surface area contributed by atoms with Gasteiger partial charge in [0.25, 0.3) is 0 Å². The van der Waals surface area contributed by atoms with Crippen LogP contribution in [0.4, 0.5) is 0 Å². The van der Waals surface area contributed by atoms with Gasteiger partial charge in [0.05, 0.1) is 13.2 Å². The van der Waals surface area contributed by atoms with E-state index in [4.69, 9.17) is 5.73 Å². The highest BCUT2D eigenvalue weighted by Crippen LogP contribution is 2.32. The van der Waals surface area contributed by atoms with E-state index < -0.39 is 0 Å². The average Bonchev–Trinajstić information content (AvgIpc) is 2.91. The summed E-state index contributed by atoms with van der Waals surface area (Å²) in [5.74, 6) is 0. The normalized spacial score (nSPS) is 22.4. The van der Waals surface area contributed by atoms with Gasteiger partial charge in [0, 0.05) is 41.8 Å². The quantitative estimate of drug-likeness (QED) is 0.616. The van der Waals surface area contributed by atoms with E-state index in [0.717, 1.165) is 23.4 Å². The van der Waals surface area contributed by atoms with Crippen LogP contribution in [0.5, 0.6) is 0 Å². The third-order valence-corrected chi connectivity index (χ3v) is 3.45.